The number of hydrogen-bond donors (Lipinski definition) is 2. The van der Waals surface area contributed by atoms with Crippen molar-refractivity contribution in [3.8, 4) is 5.75 Å². The van der Waals surface area contributed by atoms with E-state index in [2.05, 4.69) is 0 Å². The molecular formula is C8H12N2OS. The fourth-order valence-corrected chi connectivity index (χ4v) is 1.52. The van der Waals surface area contributed by atoms with E-state index in [4.69, 9.17) is 16.2 Å². The summed E-state index contributed by atoms with van der Waals surface area (Å²) in [5.41, 5.74) is 12.6. The van der Waals surface area contributed by atoms with E-state index in [9.17, 15) is 0 Å². The van der Waals surface area contributed by atoms with Gasteiger partial charge in [-0.15, -0.1) is 11.8 Å². The Morgan fingerprint density at radius 2 is 2.00 bits per heavy atom. The minimum absolute atomic E-state index is 0.571. The summed E-state index contributed by atoms with van der Waals surface area (Å²) >= 11 is 1.57. The van der Waals surface area contributed by atoms with Crippen molar-refractivity contribution in [1.29, 1.82) is 0 Å². The van der Waals surface area contributed by atoms with Crippen molar-refractivity contribution in [2.45, 2.75) is 4.90 Å². The normalized spacial score (nSPS) is 9.83. The number of thioether (sulfide) groups is 1. The number of ether oxygens (including phenoxy) is 1. The van der Waals surface area contributed by atoms with E-state index in [1.54, 1.807) is 24.9 Å². The third-order valence-electron chi connectivity index (χ3n) is 1.61. The fourth-order valence-electron chi connectivity index (χ4n) is 1.00. The highest BCUT2D eigenvalue weighted by Crippen LogP contribution is 2.35. The Hall–Kier alpha value is -1.03. The van der Waals surface area contributed by atoms with Crippen LogP contribution in [-0.4, -0.2) is 13.4 Å². The van der Waals surface area contributed by atoms with Crippen molar-refractivity contribution >= 4 is 23.1 Å². The fraction of sp³-hybridized carbons (Fsp3) is 0.250. The van der Waals surface area contributed by atoms with Crippen molar-refractivity contribution in [3.63, 3.8) is 0 Å². The van der Waals surface area contributed by atoms with Crippen LogP contribution >= 0.6 is 11.8 Å². The number of rotatable bonds is 2. The van der Waals surface area contributed by atoms with Gasteiger partial charge in [0.2, 0.25) is 0 Å². The van der Waals surface area contributed by atoms with Crippen molar-refractivity contribution in [2.75, 3.05) is 24.8 Å². The molecule has 12 heavy (non-hydrogen) atoms. The van der Waals surface area contributed by atoms with Gasteiger partial charge in [-0.2, -0.15) is 0 Å². The van der Waals surface area contributed by atoms with Gasteiger partial charge in [0.1, 0.15) is 0 Å². The van der Waals surface area contributed by atoms with Crippen LogP contribution in [-0.2, 0) is 0 Å². The van der Waals surface area contributed by atoms with Crippen LogP contribution in [0.5, 0.6) is 5.75 Å². The van der Waals surface area contributed by atoms with Crippen molar-refractivity contribution in [3.05, 3.63) is 12.1 Å². The molecule has 4 heteroatoms. The van der Waals surface area contributed by atoms with Crippen molar-refractivity contribution < 1.29 is 4.74 Å². The SMILES string of the molecule is COc1c(N)ccc(SC)c1N. The zero-order chi connectivity index (χ0) is 9.14. The van der Waals surface area contributed by atoms with Crippen LogP contribution in [0.4, 0.5) is 11.4 Å². The van der Waals surface area contributed by atoms with Crippen LogP contribution in [0, 0.1) is 0 Å². The summed E-state index contributed by atoms with van der Waals surface area (Å²) in [5.74, 6) is 0.571. The Morgan fingerprint density at radius 1 is 1.33 bits per heavy atom. The topological polar surface area (TPSA) is 61.3 Å². The van der Waals surface area contributed by atoms with Gasteiger partial charge in [0.25, 0.3) is 0 Å². The van der Waals surface area contributed by atoms with E-state index >= 15 is 0 Å². The smallest absolute Gasteiger partial charge is 0.165 e. The largest absolute Gasteiger partial charge is 0.492 e. The second-order valence-corrected chi connectivity index (χ2v) is 3.15. The molecule has 1 aromatic carbocycles. The van der Waals surface area contributed by atoms with Gasteiger partial charge in [-0.25, -0.2) is 0 Å². The van der Waals surface area contributed by atoms with Gasteiger partial charge in [0.05, 0.1) is 18.5 Å². The molecule has 0 amide bonds. The van der Waals surface area contributed by atoms with Crippen LogP contribution < -0.4 is 16.2 Å². The third kappa shape index (κ3) is 1.43. The quantitative estimate of drug-likeness (QED) is 0.541. The summed E-state index contributed by atoms with van der Waals surface area (Å²) in [6.07, 6.45) is 1.96. The molecule has 3 nitrogen and oxygen atoms in total. The number of anilines is 2. The van der Waals surface area contributed by atoms with E-state index in [1.165, 1.54) is 0 Å². The molecule has 0 spiro atoms. The predicted molar refractivity (Wildman–Crippen MR) is 53.6 cm³/mol. The number of nitrogens with two attached hydrogens (primary N) is 2. The predicted octanol–water partition coefficient (Wildman–Crippen LogP) is 1.58. The molecule has 1 aromatic rings. The lowest BCUT2D eigenvalue weighted by Crippen LogP contribution is -1.98. The molecule has 0 fully saturated rings. The second kappa shape index (κ2) is 3.58. The number of methoxy groups -OCH3 is 1. The molecule has 0 unspecified atom stereocenters. The highest BCUT2D eigenvalue weighted by atomic mass is 32.2. The molecular weight excluding hydrogens is 172 g/mol. The maximum atomic E-state index is 5.78. The van der Waals surface area contributed by atoms with E-state index < -0.39 is 0 Å². The van der Waals surface area contributed by atoms with Crippen LogP contribution in [0.25, 0.3) is 0 Å². The van der Waals surface area contributed by atoms with Crippen LogP contribution in [0.3, 0.4) is 0 Å². The van der Waals surface area contributed by atoms with Crippen molar-refractivity contribution in [1.82, 2.24) is 0 Å². The first-order chi connectivity index (χ1) is 5.70. The first-order valence-electron chi connectivity index (χ1n) is 3.46. The summed E-state index contributed by atoms with van der Waals surface area (Å²) in [6, 6.07) is 3.68. The summed E-state index contributed by atoms with van der Waals surface area (Å²) < 4.78 is 5.05. The molecule has 0 saturated heterocycles. The molecule has 0 aliphatic carbocycles. The summed E-state index contributed by atoms with van der Waals surface area (Å²) in [4.78, 5) is 0.987. The molecule has 66 valence electrons. The maximum Gasteiger partial charge on any atom is 0.165 e. The highest BCUT2D eigenvalue weighted by molar-refractivity contribution is 7.98. The van der Waals surface area contributed by atoms with Gasteiger partial charge in [0, 0.05) is 4.90 Å². The van der Waals surface area contributed by atoms with Crippen LogP contribution in [0.2, 0.25) is 0 Å². The Bertz CT molecular complexity index is 289. The first-order valence-corrected chi connectivity index (χ1v) is 4.69. The molecule has 0 atom stereocenters. The molecule has 0 aromatic heterocycles. The zero-order valence-corrected chi connectivity index (χ0v) is 7.94. The molecule has 0 heterocycles. The minimum Gasteiger partial charge on any atom is -0.492 e. The average Bonchev–Trinajstić information content (AvgIpc) is 2.06. The number of nitrogen functional groups attached to an aromatic ring is 2. The first kappa shape index (κ1) is 9.06. The van der Waals surface area contributed by atoms with Gasteiger partial charge < -0.3 is 16.2 Å². The Balaban J connectivity index is 3.24. The molecule has 0 bridgehead atoms. The third-order valence-corrected chi connectivity index (χ3v) is 2.41. The van der Waals surface area contributed by atoms with E-state index in [0.717, 1.165) is 4.90 Å². The summed E-state index contributed by atoms with van der Waals surface area (Å²) in [7, 11) is 1.56. The highest BCUT2D eigenvalue weighted by Gasteiger charge is 2.07. The minimum atomic E-state index is 0.571. The van der Waals surface area contributed by atoms with Crippen LogP contribution in [0.1, 0.15) is 0 Å². The van der Waals surface area contributed by atoms with Gasteiger partial charge in [0.15, 0.2) is 5.75 Å². The van der Waals surface area contributed by atoms with Gasteiger partial charge in [-0.05, 0) is 18.4 Å². The molecule has 0 aliphatic heterocycles. The average molecular weight is 184 g/mol. The Morgan fingerprint density at radius 3 is 2.50 bits per heavy atom. The van der Waals surface area contributed by atoms with Gasteiger partial charge in [-0.3, -0.25) is 0 Å². The molecule has 4 N–H and O–H groups in total. The summed E-state index contributed by atoms with van der Waals surface area (Å²) in [6.45, 7) is 0. The molecule has 0 radical (unpaired) electrons. The van der Waals surface area contributed by atoms with E-state index in [1.807, 2.05) is 12.3 Å². The maximum absolute atomic E-state index is 5.78. The van der Waals surface area contributed by atoms with E-state index in [-0.39, 0.29) is 0 Å². The van der Waals surface area contributed by atoms with E-state index in [0.29, 0.717) is 17.1 Å². The number of benzene rings is 1. The summed E-state index contributed by atoms with van der Waals surface area (Å²) in [5, 5.41) is 0. The zero-order valence-electron chi connectivity index (χ0n) is 7.13. The monoisotopic (exact) mass is 184 g/mol. The van der Waals surface area contributed by atoms with Crippen molar-refractivity contribution in [2.24, 2.45) is 0 Å². The second-order valence-electron chi connectivity index (χ2n) is 2.30. The molecule has 0 aliphatic rings. The van der Waals surface area contributed by atoms with Gasteiger partial charge >= 0.3 is 0 Å². The molecule has 0 saturated carbocycles. The van der Waals surface area contributed by atoms with Gasteiger partial charge in [-0.1, -0.05) is 0 Å². The standard InChI is InChI=1S/C8H12N2OS/c1-11-8-5(9)3-4-6(12-2)7(8)10/h3-4H,9-10H2,1-2H3. The Kier molecular flexibility index (Phi) is 2.70. The molecule has 1 rings (SSSR count). The lowest BCUT2D eigenvalue weighted by molar-refractivity contribution is 0.418. The lowest BCUT2D eigenvalue weighted by Gasteiger charge is -2.10. The lowest BCUT2D eigenvalue weighted by atomic mass is 10.2. The van der Waals surface area contributed by atoms with Crippen LogP contribution in [0.15, 0.2) is 17.0 Å². The Labute approximate surface area is 76.1 Å². The number of hydrogen-bond acceptors (Lipinski definition) is 4.